The fourth-order valence-electron chi connectivity index (χ4n) is 3.61. The van der Waals surface area contributed by atoms with Crippen LogP contribution in [0.2, 0.25) is 0 Å². The summed E-state index contributed by atoms with van der Waals surface area (Å²) in [5, 5.41) is 3.71. The smallest absolute Gasteiger partial charge is 0.120 e. The number of nitrogens with one attached hydrogen (secondary N) is 1. The minimum atomic E-state index is 0.229. The highest BCUT2D eigenvalue weighted by Crippen LogP contribution is 2.37. The highest BCUT2D eigenvalue weighted by atomic mass is 16.5. The molecule has 1 aliphatic carbocycles. The van der Waals surface area contributed by atoms with Gasteiger partial charge in [-0.25, -0.2) is 0 Å². The summed E-state index contributed by atoms with van der Waals surface area (Å²) in [5.74, 6) is 2.61. The number of ether oxygens (including phenoxy) is 1. The molecule has 0 saturated heterocycles. The summed E-state index contributed by atoms with van der Waals surface area (Å²) in [4.78, 5) is 0. The first-order valence-corrected chi connectivity index (χ1v) is 8.60. The van der Waals surface area contributed by atoms with E-state index in [1.807, 2.05) is 0 Å². The standard InChI is InChI=1S/C19H31NO/c1-5-20-19(16-9-6-8-15(4)12-16)17-10-7-11-18(13-17)21-14(2)3/h7,10-11,13-16,19-20H,5-6,8-9,12H2,1-4H3. The Bertz CT molecular complexity index is 429. The van der Waals surface area contributed by atoms with E-state index in [1.54, 1.807) is 0 Å². The third-order valence-electron chi connectivity index (χ3n) is 4.46. The largest absolute Gasteiger partial charge is 0.491 e. The van der Waals surface area contributed by atoms with Gasteiger partial charge in [-0.05, 0) is 62.8 Å². The number of hydrogen-bond acceptors (Lipinski definition) is 2. The zero-order chi connectivity index (χ0) is 15.2. The average molecular weight is 289 g/mol. The van der Waals surface area contributed by atoms with Crippen LogP contribution >= 0.6 is 0 Å². The molecule has 0 amide bonds. The normalized spacial score (nSPS) is 24.0. The van der Waals surface area contributed by atoms with Gasteiger partial charge in [-0.2, -0.15) is 0 Å². The van der Waals surface area contributed by atoms with Crippen LogP contribution in [0.4, 0.5) is 0 Å². The molecule has 118 valence electrons. The Morgan fingerprint density at radius 2 is 2.10 bits per heavy atom. The maximum atomic E-state index is 5.86. The Kier molecular flexibility index (Phi) is 6.10. The van der Waals surface area contributed by atoms with Gasteiger partial charge in [0.15, 0.2) is 0 Å². The lowest BCUT2D eigenvalue weighted by atomic mass is 9.76. The van der Waals surface area contributed by atoms with Crippen molar-refractivity contribution in [2.24, 2.45) is 11.8 Å². The fraction of sp³-hybridized carbons (Fsp3) is 0.684. The van der Waals surface area contributed by atoms with Crippen molar-refractivity contribution in [1.82, 2.24) is 5.32 Å². The van der Waals surface area contributed by atoms with Crippen molar-refractivity contribution in [2.45, 2.75) is 65.5 Å². The lowest BCUT2D eigenvalue weighted by Crippen LogP contribution is -2.31. The quantitative estimate of drug-likeness (QED) is 0.800. The zero-order valence-electron chi connectivity index (χ0n) is 14.1. The second kappa shape index (κ2) is 7.84. The van der Waals surface area contributed by atoms with Gasteiger partial charge in [-0.3, -0.25) is 0 Å². The van der Waals surface area contributed by atoms with Gasteiger partial charge in [0.1, 0.15) is 5.75 Å². The minimum Gasteiger partial charge on any atom is -0.491 e. The molecule has 3 unspecified atom stereocenters. The topological polar surface area (TPSA) is 21.3 Å². The van der Waals surface area contributed by atoms with E-state index in [-0.39, 0.29) is 6.10 Å². The van der Waals surface area contributed by atoms with E-state index in [0.717, 1.165) is 24.1 Å². The van der Waals surface area contributed by atoms with Crippen molar-refractivity contribution in [3.8, 4) is 5.75 Å². The van der Waals surface area contributed by atoms with Crippen LogP contribution in [-0.2, 0) is 0 Å². The minimum absolute atomic E-state index is 0.229. The van der Waals surface area contributed by atoms with Crippen molar-refractivity contribution in [3.63, 3.8) is 0 Å². The Balaban J connectivity index is 2.16. The molecule has 1 N–H and O–H groups in total. The van der Waals surface area contributed by atoms with Crippen LogP contribution < -0.4 is 10.1 Å². The molecule has 0 bridgehead atoms. The predicted octanol–water partition coefficient (Wildman–Crippen LogP) is 4.95. The van der Waals surface area contributed by atoms with Crippen LogP contribution in [0.1, 0.15) is 65.0 Å². The third-order valence-corrected chi connectivity index (χ3v) is 4.46. The van der Waals surface area contributed by atoms with Gasteiger partial charge in [0.05, 0.1) is 6.10 Å². The lowest BCUT2D eigenvalue weighted by molar-refractivity contribution is 0.223. The van der Waals surface area contributed by atoms with Crippen LogP contribution in [0, 0.1) is 11.8 Å². The molecule has 1 aromatic rings. The Hall–Kier alpha value is -1.02. The molecule has 21 heavy (non-hydrogen) atoms. The molecular weight excluding hydrogens is 258 g/mol. The summed E-state index contributed by atoms with van der Waals surface area (Å²) in [6.45, 7) is 9.78. The molecular formula is C19H31NO. The number of benzene rings is 1. The van der Waals surface area contributed by atoms with Crippen LogP contribution in [-0.4, -0.2) is 12.6 Å². The SMILES string of the molecule is CCNC(c1cccc(OC(C)C)c1)C1CCCC(C)C1. The third kappa shape index (κ3) is 4.74. The van der Waals surface area contributed by atoms with Crippen LogP contribution in [0.3, 0.4) is 0 Å². The van der Waals surface area contributed by atoms with Crippen molar-refractivity contribution >= 4 is 0 Å². The lowest BCUT2D eigenvalue weighted by Gasteiger charge is -2.34. The zero-order valence-corrected chi connectivity index (χ0v) is 14.1. The summed E-state index contributed by atoms with van der Waals surface area (Å²) >= 11 is 0. The molecule has 0 spiro atoms. The van der Waals surface area contributed by atoms with E-state index < -0.39 is 0 Å². The molecule has 1 fully saturated rings. The van der Waals surface area contributed by atoms with Crippen LogP contribution in [0.15, 0.2) is 24.3 Å². The predicted molar refractivity (Wildman–Crippen MR) is 89.7 cm³/mol. The first-order chi connectivity index (χ1) is 10.1. The first-order valence-electron chi connectivity index (χ1n) is 8.60. The second-order valence-corrected chi connectivity index (χ2v) is 6.81. The van der Waals surface area contributed by atoms with Crippen molar-refractivity contribution < 1.29 is 4.74 Å². The molecule has 2 nitrogen and oxygen atoms in total. The van der Waals surface area contributed by atoms with E-state index in [9.17, 15) is 0 Å². The second-order valence-electron chi connectivity index (χ2n) is 6.81. The van der Waals surface area contributed by atoms with Crippen molar-refractivity contribution in [2.75, 3.05) is 6.54 Å². The number of hydrogen-bond donors (Lipinski definition) is 1. The van der Waals surface area contributed by atoms with Gasteiger partial charge < -0.3 is 10.1 Å². The van der Waals surface area contributed by atoms with Crippen molar-refractivity contribution in [3.05, 3.63) is 29.8 Å². The summed E-state index contributed by atoms with van der Waals surface area (Å²) < 4.78 is 5.86. The molecule has 0 aliphatic heterocycles. The molecule has 1 saturated carbocycles. The van der Waals surface area contributed by atoms with E-state index in [4.69, 9.17) is 4.74 Å². The summed E-state index contributed by atoms with van der Waals surface area (Å²) in [5.41, 5.74) is 1.38. The summed E-state index contributed by atoms with van der Waals surface area (Å²) in [6.07, 6.45) is 5.68. The van der Waals surface area contributed by atoms with Crippen LogP contribution in [0.5, 0.6) is 5.75 Å². The highest BCUT2D eigenvalue weighted by Gasteiger charge is 2.27. The summed E-state index contributed by atoms with van der Waals surface area (Å²) in [7, 11) is 0. The van der Waals surface area contributed by atoms with Crippen molar-refractivity contribution in [1.29, 1.82) is 0 Å². The molecule has 0 aromatic heterocycles. The first kappa shape index (κ1) is 16.4. The monoisotopic (exact) mass is 289 g/mol. The molecule has 0 radical (unpaired) electrons. The molecule has 0 heterocycles. The van der Waals surface area contributed by atoms with E-state index >= 15 is 0 Å². The highest BCUT2D eigenvalue weighted by molar-refractivity contribution is 5.31. The number of rotatable bonds is 6. The van der Waals surface area contributed by atoms with Gasteiger partial charge >= 0.3 is 0 Å². The Labute approximate surface area is 130 Å². The molecule has 1 aromatic carbocycles. The molecule has 3 atom stereocenters. The summed E-state index contributed by atoms with van der Waals surface area (Å²) in [6, 6.07) is 9.14. The maximum absolute atomic E-state index is 5.86. The van der Waals surface area contributed by atoms with Gasteiger partial charge in [0.25, 0.3) is 0 Å². The average Bonchev–Trinajstić information content (AvgIpc) is 2.44. The van der Waals surface area contributed by atoms with Gasteiger partial charge in [0.2, 0.25) is 0 Å². The van der Waals surface area contributed by atoms with Gasteiger partial charge in [-0.15, -0.1) is 0 Å². The molecule has 2 rings (SSSR count). The Morgan fingerprint density at radius 1 is 1.29 bits per heavy atom. The van der Waals surface area contributed by atoms with E-state index in [2.05, 4.69) is 57.3 Å². The van der Waals surface area contributed by atoms with E-state index in [1.165, 1.54) is 31.2 Å². The van der Waals surface area contributed by atoms with Gasteiger partial charge in [0, 0.05) is 6.04 Å². The Morgan fingerprint density at radius 3 is 2.76 bits per heavy atom. The molecule has 1 aliphatic rings. The molecule has 2 heteroatoms. The van der Waals surface area contributed by atoms with E-state index in [0.29, 0.717) is 6.04 Å². The van der Waals surface area contributed by atoms with Gasteiger partial charge in [-0.1, -0.05) is 38.8 Å². The maximum Gasteiger partial charge on any atom is 0.120 e. The fourth-order valence-corrected chi connectivity index (χ4v) is 3.61. The van der Waals surface area contributed by atoms with Crippen LogP contribution in [0.25, 0.3) is 0 Å².